The lowest BCUT2D eigenvalue weighted by atomic mass is 10.0. The third-order valence-electron chi connectivity index (χ3n) is 3.55. The summed E-state index contributed by atoms with van der Waals surface area (Å²) in [5, 5.41) is 0. The number of halogens is 1. The molecular weight excluding hydrogens is 243 g/mol. The molecule has 0 saturated heterocycles. The maximum absolute atomic E-state index is 13.3. The summed E-state index contributed by atoms with van der Waals surface area (Å²) in [5.74, 6) is 1.02. The number of rotatable bonds is 7. The first kappa shape index (κ1) is 15.9. The van der Waals surface area contributed by atoms with Crippen molar-refractivity contribution in [1.29, 1.82) is 0 Å². The van der Waals surface area contributed by atoms with Gasteiger partial charge in [0.05, 0.1) is 7.11 Å². The Morgan fingerprint density at radius 3 is 2.58 bits per heavy atom. The Bertz CT molecular complexity index is 396. The number of nitrogens with two attached hydrogens (primary N) is 1. The molecule has 0 radical (unpaired) electrons. The second-order valence-electron chi connectivity index (χ2n) is 5.23. The molecule has 1 atom stereocenters. The number of ether oxygens (including phenoxy) is 1. The zero-order chi connectivity index (χ0) is 14.4. The number of hydrogen-bond donors (Lipinski definition) is 1. The molecular formula is C15H25FN2O. The molecule has 0 fully saturated rings. The van der Waals surface area contributed by atoms with Crippen molar-refractivity contribution in [2.24, 2.45) is 11.7 Å². The van der Waals surface area contributed by atoms with E-state index in [2.05, 4.69) is 25.8 Å². The Morgan fingerprint density at radius 2 is 2.05 bits per heavy atom. The zero-order valence-electron chi connectivity index (χ0n) is 12.3. The van der Waals surface area contributed by atoms with Crippen molar-refractivity contribution in [3.63, 3.8) is 0 Å². The van der Waals surface area contributed by atoms with Crippen molar-refractivity contribution in [1.82, 2.24) is 4.90 Å². The summed E-state index contributed by atoms with van der Waals surface area (Å²) in [6, 6.07) is 4.98. The molecule has 1 unspecified atom stereocenters. The molecule has 0 saturated carbocycles. The van der Waals surface area contributed by atoms with Crippen LogP contribution in [0, 0.1) is 11.7 Å². The molecule has 3 nitrogen and oxygen atoms in total. The van der Waals surface area contributed by atoms with Crippen molar-refractivity contribution in [3.8, 4) is 5.75 Å². The van der Waals surface area contributed by atoms with Crippen LogP contribution in [0.1, 0.15) is 19.4 Å². The van der Waals surface area contributed by atoms with E-state index in [-0.39, 0.29) is 5.82 Å². The predicted octanol–water partition coefficient (Wildman–Crippen LogP) is 2.29. The van der Waals surface area contributed by atoms with E-state index in [1.807, 2.05) is 0 Å². The van der Waals surface area contributed by atoms with Gasteiger partial charge >= 0.3 is 0 Å². The van der Waals surface area contributed by atoms with Gasteiger partial charge in [0.1, 0.15) is 11.6 Å². The van der Waals surface area contributed by atoms with Gasteiger partial charge in [-0.2, -0.15) is 0 Å². The molecule has 0 aliphatic rings. The van der Waals surface area contributed by atoms with Gasteiger partial charge in [-0.1, -0.05) is 13.8 Å². The minimum atomic E-state index is -0.224. The van der Waals surface area contributed by atoms with Gasteiger partial charge in [-0.3, -0.25) is 0 Å². The molecule has 108 valence electrons. The van der Waals surface area contributed by atoms with Crippen LogP contribution in [0.25, 0.3) is 0 Å². The van der Waals surface area contributed by atoms with Gasteiger partial charge in [0.2, 0.25) is 0 Å². The van der Waals surface area contributed by atoms with E-state index in [0.29, 0.717) is 18.5 Å². The van der Waals surface area contributed by atoms with E-state index >= 15 is 0 Å². The van der Waals surface area contributed by atoms with Crippen LogP contribution < -0.4 is 10.5 Å². The fraction of sp³-hybridized carbons (Fsp3) is 0.600. The predicted molar refractivity (Wildman–Crippen MR) is 77.0 cm³/mol. The summed E-state index contributed by atoms with van der Waals surface area (Å²) < 4.78 is 18.5. The SMILES string of the molecule is COc1ccc(F)cc1CCN(C)C(CN)C(C)C. The van der Waals surface area contributed by atoms with Crippen molar-refractivity contribution in [3.05, 3.63) is 29.6 Å². The van der Waals surface area contributed by atoms with E-state index in [4.69, 9.17) is 10.5 Å². The van der Waals surface area contributed by atoms with Gasteiger partial charge in [0.25, 0.3) is 0 Å². The molecule has 0 heterocycles. The van der Waals surface area contributed by atoms with Gasteiger partial charge in [0.15, 0.2) is 0 Å². The summed E-state index contributed by atoms with van der Waals surface area (Å²) in [6.07, 6.45) is 0.751. The maximum Gasteiger partial charge on any atom is 0.123 e. The van der Waals surface area contributed by atoms with Crippen molar-refractivity contribution in [2.45, 2.75) is 26.3 Å². The zero-order valence-corrected chi connectivity index (χ0v) is 12.3. The lowest BCUT2D eigenvalue weighted by Crippen LogP contribution is -2.42. The van der Waals surface area contributed by atoms with Gasteiger partial charge in [-0.25, -0.2) is 4.39 Å². The molecule has 1 aromatic rings. The first-order valence-corrected chi connectivity index (χ1v) is 6.72. The van der Waals surface area contributed by atoms with Gasteiger partial charge in [-0.05, 0) is 43.1 Å². The lowest BCUT2D eigenvalue weighted by molar-refractivity contribution is 0.199. The number of likely N-dealkylation sites (N-methyl/N-ethyl adjacent to an activating group) is 1. The van der Waals surface area contributed by atoms with Crippen LogP contribution in [0.2, 0.25) is 0 Å². The van der Waals surface area contributed by atoms with Crippen LogP contribution in [0.3, 0.4) is 0 Å². The highest BCUT2D eigenvalue weighted by Crippen LogP contribution is 2.20. The summed E-state index contributed by atoms with van der Waals surface area (Å²) >= 11 is 0. The third kappa shape index (κ3) is 4.48. The average Bonchev–Trinajstić information content (AvgIpc) is 2.37. The van der Waals surface area contributed by atoms with E-state index in [1.54, 1.807) is 19.2 Å². The van der Waals surface area contributed by atoms with Gasteiger partial charge < -0.3 is 15.4 Å². The Balaban J connectivity index is 2.68. The molecule has 0 aromatic heterocycles. The average molecular weight is 268 g/mol. The van der Waals surface area contributed by atoms with Crippen LogP contribution >= 0.6 is 0 Å². The first-order valence-electron chi connectivity index (χ1n) is 6.72. The molecule has 0 amide bonds. The molecule has 0 aliphatic heterocycles. The molecule has 0 aliphatic carbocycles. The van der Waals surface area contributed by atoms with Crippen LogP contribution in [-0.2, 0) is 6.42 Å². The lowest BCUT2D eigenvalue weighted by Gasteiger charge is -2.30. The largest absolute Gasteiger partial charge is 0.496 e. The molecule has 1 aromatic carbocycles. The summed E-state index contributed by atoms with van der Waals surface area (Å²) in [6.45, 7) is 5.79. The van der Waals surface area contributed by atoms with E-state index in [1.165, 1.54) is 6.07 Å². The Kier molecular flexibility index (Phi) is 6.25. The minimum Gasteiger partial charge on any atom is -0.496 e. The highest BCUT2D eigenvalue weighted by Gasteiger charge is 2.17. The smallest absolute Gasteiger partial charge is 0.123 e. The number of benzene rings is 1. The van der Waals surface area contributed by atoms with Crippen LogP contribution in [0.15, 0.2) is 18.2 Å². The normalized spacial score (nSPS) is 13.1. The Labute approximate surface area is 115 Å². The number of nitrogens with zero attached hydrogens (tertiary/aromatic N) is 1. The van der Waals surface area contributed by atoms with Gasteiger partial charge in [0, 0.05) is 19.1 Å². The third-order valence-corrected chi connectivity index (χ3v) is 3.55. The van der Waals surface area contributed by atoms with Crippen molar-refractivity contribution in [2.75, 3.05) is 27.2 Å². The van der Waals surface area contributed by atoms with E-state index in [0.717, 1.165) is 24.3 Å². The van der Waals surface area contributed by atoms with E-state index in [9.17, 15) is 4.39 Å². The van der Waals surface area contributed by atoms with Crippen LogP contribution in [-0.4, -0.2) is 38.2 Å². The quantitative estimate of drug-likeness (QED) is 0.824. The molecule has 0 spiro atoms. The fourth-order valence-corrected chi connectivity index (χ4v) is 2.37. The second-order valence-corrected chi connectivity index (χ2v) is 5.23. The van der Waals surface area contributed by atoms with Gasteiger partial charge in [-0.15, -0.1) is 0 Å². The van der Waals surface area contributed by atoms with Crippen LogP contribution in [0.5, 0.6) is 5.75 Å². The van der Waals surface area contributed by atoms with Crippen molar-refractivity contribution >= 4 is 0 Å². The number of hydrogen-bond acceptors (Lipinski definition) is 3. The molecule has 19 heavy (non-hydrogen) atoms. The molecule has 0 bridgehead atoms. The monoisotopic (exact) mass is 268 g/mol. The summed E-state index contributed by atoms with van der Waals surface area (Å²) in [7, 11) is 3.67. The highest BCUT2D eigenvalue weighted by atomic mass is 19.1. The Morgan fingerprint density at radius 1 is 1.37 bits per heavy atom. The van der Waals surface area contributed by atoms with Crippen LogP contribution in [0.4, 0.5) is 4.39 Å². The highest BCUT2D eigenvalue weighted by molar-refractivity contribution is 5.34. The Hall–Kier alpha value is -1.13. The maximum atomic E-state index is 13.3. The standard InChI is InChI=1S/C15H25FN2O/c1-11(2)14(10-17)18(3)8-7-12-9-13(16)5-6-15(12)19-4/h5-6,9,11,14H,7-8,10,17H2,1-4H3. The fourth-order valence-electron chi connectivity index (χ4n) is 2.37. The molecule has 4 heteroatoms. The minimum absolute atomic E-state index is 0.224. The summed E-state index contributed by atoms with van der Waals surface area (Å²) in [4.78, 5) is 2.23. The first-order chi connectivity index (χ1) is 8.99. The number of methoxy groups -OCH3 is 1. The topological polar surface area (TPSA) is 38.5 Å². The molecule has 2 N–H and O–H groups in total. The second kappa shape index (κ2) is 7.46. The molecule has 1 rings (SSSR count). The van der Waals surface area contributed by atoms with Crippen molar-refractivity contribution < 1.29 is 9.13 Å². The summed E-state index contributed by atoms with van der Waals surface area (Å²) in [5.41, 5.74) is 6.69. The van der Waals surface area contributed by atoms with E-state index < -0.39 is 0 Å².